The zero-order valence-corrected chi connectivity index (χ0v) is 11.6. The van der Waals surface area contributed by atoms with Crippen LogP contribution in [0.5, 0.6) is 0 Å². The van der Waals surface area contributed by atoms with Crippen molar-refractivity contribution in [3.05, 3.63) is 39.1 Å². The lowest BCUT2D eigenvalue weighted by Crippen LogP contribution is -2.13. The van der Waals surface area contributed by atoms with E-state index in [1.165, 1.54) is 19.2 Å². The van der Waals surface area contributed by atoms with Crippen molar-refractivity contribution in [1.29, 1.82) is 0 Å². The van der Waals surface area contributed by atoms with Crippen molar-refractivity contribution in [2.75, 3.05) is 12.4 Å². The van der Waals surface area contributed by atoms with Gasteiger partial charge in [0.05, 0.1) is 18.4 Å². The third-order valence-electron chi connectivity index (χ3n) is 2.23. The van der Waals surface area contributed by atoms with Gasteiger partial charge in [0, 0.05) is 0 Å². The number of amides is 1. The second-order valence-corrected chi connectivity index (χ2v) is 5.06. The highest BCUT2D eigenvalue weighted by Crippen LogP contribution is 2.20. The van der Waals surface area contributed by atoms with Gasteiger partial charge in [-0.2, -0.15) is 0 Å². The first-order valence-corrected chi connectivity index (χ1v) is 6.39. The topological polar surface area (TPSA) is 81.2 Å². The van der Waals surface area contributed by atoms with Crippen LogP contribution in [-0.2, 0) is 4.74 Å². The van der Waals surface area contributed by atoms with E-state index in [1.807, 2.05) is 0 Å². The molecule has 2 aromatic rings. The maximum absolute atomic E-state index is 13.6. The van der Waals surface area contributed by atoms with E-state index in [0.717, 1.165) is 17.4 Å². The van der Waals surface area contributed by atoms with Crippen LogP contribution in [0, 0.1) is 5.82 Å². The highest BCUT2D eigenvalue weighted by molar-refractivity contribution is 7.17. The lowest BCUT2D eigenvalue weighted by atomic mass is 10.2. The number of benzene rings is 1. The zero-order valence-electron chi connectivity index (χ0n) is 10.0. The van der Waals surface area contributed by atoms with Gasteiger partial charge in [-0.05, 0) is 29.8 Å². The summed E-state index contributed by atoms with van der Waals surface area (Å²) in [5, 5.41) is 9.26. The molecular weight excluding hydrogens is 309 g/mol. The number of methoxy groups -OCH3 is 1. The average Bonchev–Trinajstić information content (AvgIpc) is 2.87. The zero-order chi connectivity index (χ0) is 14.7. The number of halogens is 2. The van der Waals surface area contributed by atoms with Gasteiger partial charge in [-0.1, -0.05) is 11.3 Å². The first kappa shape index (κ1) is 14.4. The highest BCUT2D eigenvalue weighted by Gasteiger charge is 2.16. The average molecular weight is 316 g/mol. The van der Waals surface area contributed by atoms with Crippen molar-refractivity contribution >= 4 is 40.5 Å². The standard InChI is InChI=1S/C11H7ClFN3O3S/c1-19-10(18)5-2-3-6(13)7(4-5)14-8(17)9-15-16-11(12)20-9/h2-4H,1H3,(H,14,17). The summed E-state index contributed by atoms with van der Waals surface area (Å²) in [7, 11) is 1.20. The summed E-state index contributed by atoms with van der Waals surface area (Å²) in [4.78, 5) is 23.1. The molecule has 0 bridgehead atoms. The van der Waals surface area contributed by atoms with Crippen LogP contribution in [0.25, 0.3) is 0 Å². The van der Waals surface area contributed by atoms with Crippen molar-refractivity contribution in [3.8, 4) is 0 Å². The molecule has 0 aliphatic rings. The Morgan fingerprint density at radius 3 is 2.75 bits per heavy atom. The van der Waals surface area contributed by atoms with Crippen LogP contribution in [0.2, 0.25) is 4.47 Å². The molecule has 0 aliphatic carbocycles. The molecule has 0 radical (unpaired) electrons. The van der Waals surface area contributed by atoms with Gasteiger partial charge in [0.25, 0.3) is 5.91 Å². The van der Waals surface area contributed by atoms with Crippen LogP contribution in [0.15, 0.2) is 18.2 Å². The number of hydrogen-bond acceptors (Lipinski definition) is 6. The molecule has 0 saturated heterocycles. The van der Waals surface area contributed by atoms with E-state index in [-0.39, 0.29) is 20.7 Å². The Morgan fingerprint density at radius 2 is 2.15 bits per heavy atom. The Hall–Kier alpha value is -2.06. The fourth-order valence-electron chi connectivity index (χ4n) is 1.34. The Balaban J connectivity index is 2.24. The normalized spacial score (nSPS) is 10.2. The van der Waals surface area contributed by atoms with Crippen LogP contribution < -0.4 is 5.32 Å². The van der Waals surface area contributed by atoms with Crippen LogP contribution in [0.3, 0.4) is 0 Å². The molecule has 1 heterocycles. The van der Waals surface area contributed by atoms with E-state index >= 15 is 0 Å². The maximum atomic E-state index is 13.6. The number of carbonyl (C=O) groups excluding carboxylic acids is 2. The van der Waals surface area contributed by atoms with Gasteiger partial charge >= 0.3 is 5.97 Å². The molecule has 0 unspecified atom stereocenters. The van der Waals surface area contributed by atoms with Gasteiger partial charge in [-0.25, -0.2) is 9.18 Å². The summed E-state index contributed by atoms with van der Waals surface area (Å²) < 4.78 is 18.2. The van der Waals surface area contributed by atoms with Gasteiger partial charge in [0.1, 0.15) is 5.82 Å². The Bertz CT molecular complexity index is 677. The molecule has 6 nitrogen and oxygen atoms in total. The Morgan fingerprint density at radius 1 is 1.40 bits per heavy atom. The van der Waals surface area contributed by atoms with Crippen LogP contribution in [0.4, 0.5) is 10.1 Å². The van der Waals surface area contributed by atoms with Crippen molar-refractivity contribution in [1.82, 2.24) is 10.2 Å². The molecule has 1 aromatic heterocycles. The molecule has 2 rings (SSSR count). The van der Waals surface area contributed by atoms with E-state index < -0.39 is 17.7 Å². The first-order chi connectivity index (χ1) is 9.51. The number of hydrogen-bond donors (Lipinski definition) is 1. The minimum atomic E-state index is -0.693. The summed E-state index contributed by atoms with van der Waals surface area (Å²) in [5.74, 6) is -2.00. The molecule has 104 valence electrons. The molecule has 0 atom stereocenters. The predicted molar refractivity (Wildman–Crippen MR) is 70.6 cm³/mol. The van der Waals surface area contributed by atoms with Gasteiger partial charge < -0.3 is 10.1 Å². The van der Waals surface area contributed by atoms with Gasteiger partial charge in [-0.3, -0.25) is 4.79 Å². The fraction of sp³-hybridized carbons (Fsp3) is 0.0909. The SMILES string of the molecule is COC(=O)c1ccc(F)c(NC(=O)c2nnc(Cl)s2)c1. The molecule has 1 amide bonds. The summed E-state index contributed by atoms with van der Waals surface area (Å²) in [5.41, 5.74) is -0.0521. The third kappa shape index (κ3) is 3.09. The number of esters is 1. The van der Waals surface area contributed by atoms with Crippen LogP contribution >= 0.6 is 22.9 Å². The first-order valence-electron chi connectivity index (χ1n) is 5.19. The third-order valence-corrected chi connectivity index (χ3v) is 3.25. The van der Waals surface area contributed by atoms with E-state index in [4.69, 9.17) is 11.6 Å². The van der Waals surface area contributed by atoms with E-state index in [2.05, 4.69) is 20.3 Å². The van der Waals surface area contributed by atoms with E-state index in [1.54, 1.807) is 0 Å². The Labute approximate surface area is 121 Å². The van der Waals surface area contributed by atoms with E-state index in [0.29, 0.717) is 0 Å². The van der Waals surface area contributed by atoms with Crippen molar-refractivity contribution in [2.45, 2.75) is 0 Å². The summed E-state index contributed by atoms with van der Waals surface area (Å²) in [6.07, 6.45) is 0. The second-order valence-electron chi connectivity index (χ2n) is 3.50. The lowest BCUT2D eigenvalue weighted by Gasteiger charge is -2.06. The monoisotopic (exact) mass is 315 g/mol. The second kappa shape index (κ2) is 5.93. The molecule has 0 fully saturated rings. The molecule has 0 spiro atoms. The molecule has 1 N–H and O–H groups in total. The number of nitrogens with one attached hydrogen (secondary N) is 1. The lowest BCUT2D eigenvalue weighted by molar-refractivity contribution is 0.0600. The van der Waals surface area contributed by atoms with Crippen LogP contribution in [0.1, 0.15) is 20.2 Å². The minimum absolute atomic E-state index is 0.0159. The predicted octanol–water partition coefficient (Wildman–Crippen LogP) is 2.37. The molecule has 0 saturated carbocycles. The highest BCUT2D eigenvalue weighted by atomic mass is 35.5. The Kier molecular flexibility index (Phi) is 4.26. The number of nitrogens with zero attached hydrogens (tertiary/aromatic N) is 2. The number of aromatic nitrogens is 2. The molecular formula is C11H7ClFN3O3S. The molecule has 20 heavy (non-hydrogen) atoms. The number of anilines is 1. The number of rotatable bonds is 3. The minimum Gasteiger partial charge on any atom is -0.465 e. The van der Waals surface area contributed by atoms with Crippen molar-refractivity contribution in [2.24, 2.45) is 0 Å². The van der Waals surface area contributed by atoms with Crippen molar-refractivity contribution in [3.63, 3.8) is 0 Å². The molecule has 0 aliphatic heterocycles. The fourth-order valence-corrected chi connectivity index (χ4v) is 2.06. The smallest absolute Gasteiger partial charge is 0.337 e. The summed E-state index contributed by atoms with van der Waals surface area (Å²) >= 11 is 6.41. The van der Waals surface area contributed by atoms with E-state index in [9.17, 15) is 14.0 Å². The summed E-state index contributed by atoms with van der Waals surface area (Å²) in [6, 6.07) is 3.47. The molecule has 1 aromatic carbocycles. The van der Waals surface area contributed by atoms with Crippen LogP contribution in [-0.4, -0.2) is 29.2 Å². The maximum Gasteiger partial charge on any atom is 0.337 e. The van der Waals surface area contributed by atoms with Gasteiger partial charge in [0.15, 0.2) is 0 Å². The largest absolute Gasteiger partial charge is 0.465 e. The van der Waals surface area contributed by atoms with Gasteiger partial charge in [0.2, 0.25) is 9.47 Å². The summed E-state index contributed by atoms with van der Waals surface area (Å²) in [6.45, 7) is 0. The van der Waals surface area contributed by atoms with Crippen molar-refractivity contribution < 1.29 is 18.7 Å². The number of carbonyl (C=O) groups is 2. The molecule has 9 heteroatoms. The van der Waals surface area contributed by atoms with Gasteiger partial charge in [-0.15, -0.1) is 10.2 Å². The quantitative estimate of drug-likeness (QED) is 0.879. The number of ether oxygens (including phenoxy) is 1.